The molecule has 2 rings (SSSR count). The van der Waals surface area contributed by atoms with Crippen molar-refractivity contribution in [2.24, 2.45) is 0 Å². The lowest BCUT2D eigenvalue weighted by Gasteiger charge is -2.11. The summed E-state index contributed by atoms with van der Waals surface area (Å²) in [4.78, 5) is 12.0. The van der Waals surface area contributed by atoms with Gasteiger partial charge in [-0.25, -0.2) is 4.39 Å². The van der Waals surface area contributed by atoms with E-state index in [1.54, 1.807) is 7.11 Å². The topological polar surface area (TPSA) is 47.6 Å². The average Bonchev–Trinajstić information content (AvgIpc) is 2.53. The maximum absolute atomic E-state index is 13.3. The standard InChI is InChI=1S/C17H18FNO3/c1-21-15-6-4-3-5-12(15)11-19-17(20)10-13-9-14(18)7-8-16(13)22-2/h3-9H,10-11H2,1-2H3,(H,19,20). The van der Waals surface area contributed by atoms with Crippen LogP contribution in [0.25, 0.3) is 0 Å². The molecule has 1 N–H and O–H groups in total. The molecular formula is C17H18FNO3. The SMILES string of the molecule is COc1ccccc1CNC(=O)Cc1cc(F)ccc1OC. The van der Waals surface area contributed by atoms with Crippen molar-refractivity contribution >= 4 is 5.91 Å². The molecule has 0 heterocycles. The summed E-state index contributed by atoms with van der Waals surface area (Å²) in [6.07, 6.45) is 0.0517. The first-order valence-corrected chi connectivity index (χ1v) is 6.85. The second-order valence-corrected chi connectivity index (χ2v) is 4.72. The molecule has 5 heteroatoms. The molecule has 0 aromatic heterocycles. The first kappa shape index (κ1) is 15.8. The van der Waals surface area contributed by atoms with E-state index in [1.807, 2.05) is 24.3 Å². The summed E-state index contributed by atoms with van der Waals surface area (Å²) in [5.41, 5.74) is 1.39. The highest BCUT2D eigenvalue weighted by Gasteiger charge is 2.10. The smallest absolute Gasteiger partial charge is 0.224 e. The Morgan fingerprint density at radius 3 is 2.45 bits per heavy atom. The summed E-state index contributed by atoms with van der Waals surface area (Å²) in [5, 5.41) is 2.80. The molecule has 0 aliphatic heterocycles. The maximum Gasteiger partial charge on any atom is 0.224 e. The highest BCUT2D eigenvalue weighted by molar-refractivity contribution is 5.79. The quantitative estimate of drug-likeness (QED) is 0.892. The van der Waals surface area contributed by atoms with Gasteiger partial charge in [0.05, 0.1) is 20.6 Å². The fourth-order valence-electron chi connectivity index (χ4n) is 2.16. The van der Waals surface area contributed by atoms with Gasteiger partial charge in [0, 0.05) is 17.7 Å². The Bertz CT molecular complexity index is 658. The molecule has 0 saturated heterocycles. The molecule has 4 nitrogen and oxygen atoms in total. The Labute approximate surface area is 128 Å². The highest BCUT2D eigenvalue weighted by Crippen LogP contribution is 2.20. The number of hydrogen-bond acceptors (Lipinski definition) is 3. The van der Waals surface area contributed by atoms with Crippen molar-refractivity contribution in [3.63, 3.8) is 0 Å². The number of amides is 1. The number of para-hydroxylation sites is 1. The van der Waals surface area contributed by atoms with Crippen LogP contribution in [0.4, 0.5) is 4.39 Å². The van der Waals surface area contributed by atoms with Crippen molar-refractivity contribution < 1.29 is 18.7 Å². The zero-order valence-electron chi connectivity index (χ0n) is 12.6. The summed E-state index contributed by atoms with van der Waals surface area (Å²) in [6.45, 7) is 0.348. The van der Waals surface area contributed by atoms with Crippen LogP contribution in [0.3, 0.4) is 0 Å². The predicted molar refractivity (Wildman–Crippen MR) is 81.5 cm³/mol. The number of carbonyl (C=O) groups is 1. The lowest BCUT2D eigenvalue weighted by Crippen LogP contribution is -2.25. The molecule has 0 aliphatic carbocycles. The summed E-state index contributed by atoms with van der Waals surface area (Å²) >= 11 is 0. The molecule has 0 unspecified atom stereocenters. The monoisotopic (exact) mass is 303 g/mol. The molecule has 1 amide bonds. The third-order valence-electron chi connectivity index (χ3n) is 3.26. The predicted octanol–water partition coefficient (Wildman–Crippen LogP) is 2.70. The number of ether oxygens (including phenoxy) is 2. The van der Waals surface area contributed by atoms with Crippen molar-refractivity contribution in [1.82, 2.24) is 5.32 Å². The maximum atomic E-state index is 13.3. The fraction of sp³-hybridized carbons (Fsp3) is 0.235. The first-order valence-electron chi connectivity index (χ1n) is 6.85. The molecule has 0 spiro atoms. The Morgan fingerprint density at radius 2 is 1.73 bits per heavy atom. The minimum Gasteiger partial charge on any atom is -0.496 e. The number of nitrogens with one attached hydrogen (secondary N) is 1. The van der Waals surface area contributed by atoms with Gasteiger partial charge in [-0.15, -0.1) is 0 Å². The van der Waals surface area contributed by atoms with Gasteiger partial charge in [-0.3, -0.25) is 4.79 Å². The Kier molecular flexibility index (Phi) is 5.36. The van der Waals surface area contributed by atoms with Crippen molar-refractivity contribution in [2.45, 2.75) is 13.0 Å². The van der Waals surface area contributed by atoms with Crippen LogP contribution in [0.15, 0.2) is 42.5 Å². The Hall–Kier alpha value is -2.56. The average molecular weight is 303 g/mol. The van der Waals surface area contributed by atoms with Crippen LogP contribution in [0, 0.1) is 5.82 Å². The minimum atomic E-state index is -0.395. The first-order chi connectivity index (χ1) is 10.6. The third kappa shape index (κ3) is 3.97. The third-order valence-corrected chi connectivity index (χ3v) is 3.26. The largest absolute Gasteiger partial charge is 0.496 e. The Morgan fingerprint density at radius 1 is 1.05 bits per heavy atom. The van der Waals surface area contributed by atoms with Gasteiger partial charge in [0.1, 0.15) is 17.3 Å². The number of halogens is 1. The van der Waals surface area contributed by atoms with Gasteiger partial charge in [-0.05, 0) is 24.3 Å². The second kappa shape index (κ2) is 7.45. The molecular weight excluding hydrogens is 285 g/mol. The van der Waals surface area contributed by atoms with E-state index in [-0.39, 0.29) is 12.3 Å². The van der Waals surface area contributed by atoms with Gasteiger partial charge in [0.2, 0.25) is 5.91 Å². The van der Waals surface area contributed by atoms with E-state index in [0.29, 0.717) is 23.6 Å². The number of rotatable bonds is 6. The van der Waals surface area contributed by atoms with Crippen LogP contribution < -0.4 is 14.8 Å². The van der Waals surface area contributed by atoms with E-state index < -0.39 is 5.82 Å². The van der Waals surface area contributed by atoms with Crippen LogP contribution in [0.2, 0.25) is 0 Å². The summed E-state index contributed by atoms with van der Waals surface area (Å²) in [5.74, 6) is 0.600. The molecule has 0 radical (unpaired) electrons. The lowest BCUT2D eigenvalue weighted by atomic mass is 10.1. The molecule has 0 fully saturated rings. The van der Waals surface area contributed by atoms with Crippen molar-refractivity contribution in [3.05, 3.63) is 59.4 Å². The van der Waals surface area contributed by atoms with Crippen molar-refractivity contribution in [3.8, 4) is 11.5 Å². The number of benzene rings is 2. The molecule has 0 bridgehead atoms. The number of methoxy groups -OCH3 is 2. The van der Waals surface area contributed by atoms with E-state index in [2.05, 4.69) is 5.32 Å². The molecule has 2 aromatic carbocycles. The van der Waals surface area contributed by atoms with Gasteiger partial charge in [-0.2, -0.15) is 0 Å². The van der Waals surface area contributed by atoms with Crippen LogP contribution in [0.1, 0.15) is 11.1 Å². The number of carbonyl (C=O) groups excluding carboxylic acids is 1. The van der Waals surface area contributed by atoms with Gasteiger partial charge < -0.3 is 14.8 Å². The molecule has 0 atom stereocenters. The van der Waals surface area contributed by atoms with E-state index in [4.69, 9.17) is 9.47 Å². The molecule has 0 aliphatic rings. The van der Waals surface area contributed by atoms with E-state index in [9.17, 15) is 9.18 Å². The van der Waals surface area contributed by atoms with Crippen LogP contribution >= 0.6 is 0 Å². The van der Waals surface area contributed by atoms with Gasteiger partial charge >= 0.3 is 0 Å². The zero-order chi connectivity index (χ0) is 15.9. The van der Waals surface area contributed by atoms with Gasteiger partial charge in [0.15, 0.2) is 0 Å². The molecule has 2 aromatic rings. The van der Waals surface area contributed by atoms with Crippen LogP contribution in [-0.4, -0.2) is 20.1 Å². The summed E-state index contributed by atoms with van der Waals surface area (Å²) < 4.78 is 23.6. The van der Waals surface area contributed by atoms with Crippen molar-refractivity contribution in [2.75, 3.05) is 14.2 Å². The normalized spacial score (nSPS) is 10.1. The molecule has 22 heavy (non-hydrogen) atoms. The van der Waals surface area contributed by atoms with Gasteiger partial charge in [-0.1, -0.05) is 18.2 Å². The summed E-state index contributed by atoms with van der Waals surface area (Å²) in [7, 11) is 3.07. The van der Waals surface area contributed by atoms with Crippen LogP contribution in [-0.2, 0) is 17.8 Å². The lowest BCUT2D eigenvalue weighted by molar-refractivity contribution is -0.120. The van der Waals surface area contributed by atoms with Gasteiger partial charge in [0.25, 0.3) is 0 Å². The van der Waals surface area contributed by atoms with Crippen molar-refractivity contribution in [1.29, 1.82) is 0 Å². The highest BCUT2D eigenvalue weighted by atomic mass is 19.1. The van der Waals surface area contributed by atoms with Crippen LogP contribution in [0.5, 0.6) is 11.5 Å². The summed E-state index contributed by atoms with van der Waals surface area (Å²) in [6, 6.07) is 11.6. The fourth-order valence-corrected chi connectivity index (χ4v) is 2.16. The molecule has 116 valence electrons. The van der Waals surface area contributed by atoms with E-state index in [0.717, 1.165) is 5.56 Å². The number of hydrogen-bond donors (Lipinski definition) is 1. The van der Waals surface area contributed by atoms with E-state index in [1.165, 1.54) is 25.3 Å². The zero-order valence-corrected chi connectivity index (χ0v) is 12.6. The second-order valence-electron chi connectivity index (χ2n) is 4.72. The minimum absolute atomic E-state index is 0.0517. The van der Waals surface area contributed by atoms with E-state index >= 15 is 0 Å². The molecule has 0 saturated carbocycles. The Balaban J connectivity index is 2.00.